The van der Waals surface area contributed by atoms with Crippen LogP contribution in [-0.4, -0.2) is 25.0 Å². The predicted octanol–water partition coefficient (Wildman–Crippen LogP) is 3.96. The zero-order chi connectivity index (χ0) is 14.7. The quantitative estimate of drug-likeness (QED) is 0.855. The van der Waals surface area contributed by atoms with Crippen molar-refractivity contribution in [1.82, 2.24) is 5.32 Å². The SMILES string of the molecule is CC(C)Oc1cc(Cl)c(Cl)cc1C(=O)C1CCCNC1. The van der Waals surface area contributed by atoms with E-state index in [0.29, 0.717) is 27.9 Å². The standard InChI is InChI=1S/C15H19Cl2NO2/c1-9(2)20-14-7-13(17)12(16)6-11(14)15(19)10-4-3-5-18-8-10/h6-7,9-10,18H,3-5,8H2,1-2H3. The molecule has 3 nitrogen and oxygen atoms in total. The van der Waals surface area contributed by atoms with E-state index in [4.69, 9.17) is 27.9 Å². The van der Waals surface area contributed by atoms with E-state index in [2.05, 4.69) is 5.32 Å². The van der Waals surface area contributed by atoms with Crippen LogP contribution in [0.15, 0.2) is 12.1 Å². The number of hydrogen-bond donors (Lipinski definition) is 1. The maximum atomic E-state index is 12.6. The summed E-state index contributed by atoms with van der Waals surface area (Å²) >= 11 is 12.1. The second kappa shape index (κ2) is 6.79. The number of piperidine rings is 1. The molecule has 2 rings (SSSR count). The van der Waals surface area contributed by atoms with E-state index in [1.807, 2.05) is 13.8 Å². The Morgan fingerprint density at radius 1 is 1.35 bits per heavy atom. The van der Waals surface area contributed by atoms with Gasteiger partial charge in [-0.15, -0.1) is 0 Å². The molecule has 0 aliphatic carbocycles. The van der Waals surface area contributed by atoms with Crippen LogP contribution in [-0.2, 0) is 0 Å². The van der Waals surface area contributed by atoms with E-state index >= 15 is 0 Å². The van der Waals surface area contributed by atoms with Crippen LogP contribution in [0.2, 0.25) is 10.0 Å². The number of ketones is 1. The van der Waals surface area contributed by atoms with Crippen LogP contribution in [0.1, 0.15) is 37.0 Å². The van der Waals surface area contributed by atoms with Gasteiger partial charge in [0.1, 0.15) is 5.75 Å². The second-order valence-corrected chi connectivity index (χ2v) is 6.15. The zero-order valence-corrected chi connectivity index (χ0v) is 13.2. The van der Waals surface area contributed by atoms with Crippen molar-refractivity contribution in [1.29, 1.82) is 0 Å². The Labute approximate surface area is 129 Å². The van der Waals surface area contributed by atoms with Crippen molar-refractivity contribution >= 4 is 29.0 Å². The first kappa shape index (κ1) is 15.6. The number of carbonyl (C=O) groups excluding carboxylic acids is 1. The number of nitrogens with one attached hydrogen (secondary N) is 1. The number of halogens is 2. The van der Waals surface area contributed by atoms with E-state index in [-0.39, 0.29) is 17.8 Å². The summed E-state index contributed by atoms with van der Waals surface area (Å²) in [6, 6.07) is 3.26. The molecule has 1 heterocycles. The fourth-order valence-electron chi connectivity index (χ4n) is 2.37. The van der Waals surface area contributed by atoms with E-state index in [0.717, 1.165) is 19.4 Å². The minimum absolute atomic E-state index is 0.0181. The molecule has 1 aliphatic rings. The molecule has 1 aromatic carbocycles. The summed E-state index contributed by atoms with van der Waals surface area (Å²) < 4.78 is 5.71. The van der Waals surface area contributed by atoms with E-state index in [1.165, 1.54) is 0 Å². The Balaban J connectivity index is 2.32. The molecule has 0 amide bonds. The molecule has 0 radical (unpaired) electrons. The highest BCUT2D eigenvalue weighted by Crippen LogP contribution is 2.33. The van der Waals surface area contributed by atoms with Gasteiger partial charge in [-0.3, -0.25) is 4.79 Å². The Bertz CT molecular complexity index is 497. The van der Waals surface area contributed by atoms with Gasteiger partial charge in [-0.25, -0.2) is 0 Å². The van der Waals surface area contributed by atoms with Crippen molar-refractivity contribution in [2.24, 2.45) is 5.92 Å². The molecule has 1 saturated heterocycles. The first-order chi connectivity index (χ1) is 9.49. The number of carbonyl (C=O) groups is 1. The van der Waals surface area contributed by atoms with Crippen LogP contribution in [0, 0.1) is 5.92 Å². The predicted molar refractivity (Wildman–Crippen MR) is 82.2 cm³/mol. The molecule has 0 aromatic heterocycles. The van der Waals surface area contributed by atoms with Gasteiger partial charge in [-0.1, -0.05) is 23.2 Å². The maximum absolute atomic E-state index is 12.6. The molecule has 0 bridgehead atoms. The van der Waals surface area contributed by atoms with Gasteiger partial charge in [-0.05, 0) is 39.3 Å². The maximum Gasteiger partial charge on any atom is 0.170 e. The summed E-state index contributed by atoms with van der Waals surface area (Å²) in [6.45, 7) is 5.51. The summed E-state index contributed by atoms with van der Waals surface area (Å²) in [5, 5.41) is 4.04. The highest BCUT2D eigenvalue weighted by atomic mass is 35.5. The Kier molecular flexibility index (Phi) is 5.30. The number of hydrogen-bond acceptors (Lipinski definition) is 3. The van der Waals surface area contributed by atoms with Crippen molar-refractivity contribution in [2.45, 2.75) is 32.8 Å². The largest absolute Gasteiger partial charge is 0.490 e. The third kappa shape index (κ3) is 3.66. The van der Waals surface area contributed by atoms with Gasteiger partial charge in [0.15, 0.2) is 5.78 Å². The van der Waals surface area contributed by atoms with Gasteiger partial charge in [-0.2, -0.15) is 0 Å². The average molecular weight is 316 g/mol. The number of ether oxygens (including phenoxy) is 1. The molecular weight excluding hydrogens is 297 g/mol. The van der Waals surface area contributed by atoms with Crippen molar-refractivity contribution in [2.75, 3.05) is 13.1 Å². The molecule has 110 valence electrons. The molecule has 1 unspecified atom stereocenters. The third-order valence-corrected chi connectivity index (χ3v) is 4.04. The summed E-state index contributed by atoms with van der Waals surface area (Å²) in [5.41, 5.74) is 0.529. The molecule has 20 heavy (non-hydrogen) atoms. The fourth-order valence-corrected chi connectivity index (χ4v) is 2.69. The first-order valence-corrected chi connectivity index (χ1v) is 7.65. The third-order valence-electron chi connectivity index (χ3n) is 3.32. The molecule has 0 spiro atoms. The fraction of sp³-hybridized carbons (Fsp3) is 0.533. The lowest BCUT2D eigenvalue weighted by Crippen LogP contribution is -2.34. The lowest BCUT2D eigenvalue weighted by Gasteiger charge is -2.23. The lowest BCUT2D eigenvalue weighted by molar-refractivity contribution is 0.0894. The Morgan fingerprint density at radius 2 is 2.05 bits per heavy atom. The van der Waals surface area contributed by atoms with Crippen molar-refractivity contribution in [3.05, 3.63) is 27.7 Å². The number of rotatable bonds is 4. The molecular formula is C15H19Cl2NO2. The van der Waals surface area contributed by atoms with Crippen LogP contribution in [0.4, 0.5) is 0 Å². The summed E-state index contributed by atoms with van der Waals surface area (Å²) in [6.07, 6.45) is 1.88. The summed E-state index contributed by atoms with van der Waals surface area (Å²) in [7, 11) is 0. The van der Waals surface area contributed by atoms with Gasteiger partial charge in [0.05, 0.1) is 21.7 Å². The molecule has 0 saturated carbocycles. The van der Waals surface area contributed by atoms with E-state index < -0.39 is 0 Å². The number of Topliss-reactive ketones (excluding diaryl/α,β-unsaturated/α-hetero) is 1. The summed E-state index contributed by atoms with van der Waals surface area (Å²) in [5.74, 6) is 0.576. The zero-order valence-electron chi connectivity index (χ0n) is 11.7. The Morgan fingerprint density at radius 3 is 2.65 bits per heavy atom. The van der Waals surface area contributed by atoms with Crippen molar-refractivity contribution in [3.8, 4) is 5.75 Å². The second-order valence-electron chi connectivity index (χ2n) is 5.34. The van der Waals surface area contributed by atoms with Gasteiger partial charge < -0.3 is 10.1 Å². The van der Waals surface area contributed by atoms with Crippen LogP contribution in [0.3, 0.4) is 0 Å². The molecule has 1 fully saturated rings. The Hall–Kier alpha value is -0.770. The minimum Gasteiger partial charge on any atom is -0.490 e. The molecule has 1 aromatic rings. The van der Waals surface area contributed by atoms with Crippen LogP contribution >= 0.6 is 23.2 Å². The first-order valence-electron chi connectivity index (χ1n) is 6.89. The van der Waals surface area contributed by atoms with E-state index in [9.17, 15) is 4.79 Å². The van der Waals surface area contributed by atoms with Crippen molar-refractivity contribution in [3.63, 3.8) is 0 Å². The van der Waals surface area contributed by atoms with Gasteiger partial charge in [0.2, 0.25) is 0 Å². The number of benzene rings is 1. The average Bonchev–Trinajstić information content (AvgIpc) is 2.42. The molecule has 5 heteroatoms. The monoisotopic (exact) mass is 315 g/mol. The topological polar surface area (TPSA) is 38.3 Å². The molecule has 1 aliphatic heterocycles. The highest BCUT2D eigenvalue weighted by Gasteiger charge is 2.26. The lowest BCUT2D eigenvalue weighted by atomic mass is 9.90. The summed E-state index contributed by atoms with van der Waals surface area (Å²) in [4.78, 5) is 12.6. The van der Waals surface area contributed by atoms with Crippen LogP contribution in [0.5, 0.6) is 5.75 Å². The van der Waals surface area contributed by atoms with Gasteiger partial charge in [0, 0.05) is 18.5 Å². The molecule has 1 N–H and O–H groups in total. The van der Waals surface area contributed by atoms with E-state index in [1.54, 1.807) is 12.1 Å². The van der Waals surface area contributed by atoms with Crippen LogP contribution in [0.25, 0.3) is 0 Å². The highest BCUT2D eigenvalue weighted by molar-refractivity contribution is 6.42. The normalized spacial score (nSPS) is 19.1. The van der Waals surface area contributed by atoms with Crippen LogP contribution < -0.4 is 10.1 Å². The van der Waals surface area contributed by atoms with Gasteiger partial charge >= 0.3 is 0 Å². The minimum atomic E-state index is -0.0247. The smallest absolute Gasteiger partial charge is 0.170 e. The van der Waals surface area contributed by atoms with Crippen molar-refractivity contribution < 1.29 is 9.53 Å². The van der Waals surface area contributed by atoms with Gasteiger partial charge in [0.25, 0.3) is 0 Å². The molecule has 1 atom stereocenters.